The average molecular weight is 180 g/mol. The molecule has 4 heteroatoms. The fourth-order valence-corrected chi connectivity index (χ4v) is 1.07. The van der Waals surface area contributed by atoms with Crippen LogP contribution in [0.1, 0.15) is 18.0 Å². The molecule has 0 amide bonds. The van der Waals surface area contributed by atoms with E-state index in [0.717, 1.165) is 18.5 Å². The molecule has 1 heterocycles. The third kappa shape index (κ3) is 3.48. The Hall–Kier alpha value is -1.00. The molecular weight excluding hydrogens is 164 g/mol. The second-order valence-electron chi connectivity index (χ2n) is 3.37. The Morgan fingerprint density at radius 3 is 2.54 bits per heavy atom. The molecule has 1 atom stereocenters. The van der Waals surface area contributed by atoms with Gasteiger partial charge in [-0.25, -0.2) is 9.97 Å². The van der Waals surface area contributed by atoms with Gasteiger partial charge in [-0.05, 0) is 27.1 Å². The lowest BCUT2D eigenvalue weighted by Gasteiger charge is -2.14. The van der Waals surface area contributed by atoms with Crippen molar-refractivity contribution in [2.24, 2.45) is 5.73 Å². The van der Waals surface area contributed by atoms with E-state index < -0.39 is 0 Å². The van der Waals surface area contributed by atoms with Crippen LogP contribution in [0.25, 0.3) is 0 Å². The summed E-state index contributed by atoms with van der Waals surface area (Å²) in [5.41, 5.74) is 6.94. The fraction of sp³-hybridized carbons (Fsp3) is 0.556. The lowest BCUT2D eigenvalue weighted by Crippen LogP contribution is -2.20. The van der Waals surface area contributed by atoms with Gasteiger partial charge in [0.05, 0.1) is 0 Å². The fourth-order valence-electron chi connectivity index (χ4n) is 1.07. The highest BCUT2D eigenvalue weighted by Crippen LogP contribution is 2.10. The minimum absolute atomic E-state index is 0.0450. The SMILES string of the molecule is CN(C)CCC(N)c1cncnc1. The minimum Gasteiger partial charge on any atom is -0.324 e. The molecule has 0 aromatic carbocycles. The summed E-state index contributed by atoms with van der Waals surface area (Å²) in [5, 5.41) is 0. The van der Waals surface area contributed by atoms with Crippen molar-refractivity contribution >= 4 is 0 Å². The van der Waals surface area contributed by atoms with E-state index in [1.165, 1.54) is 6.33 Å². The van der Waals surface area contributed by atoms with Gasteiger partial charge in [-0.15, -0.1) is 0 Å². The van der Waals surface area contributed by atoms with Crippen LogP contribution < -0.4 is 5.73 Å². The van der Waals surface area contributed by atoms with Gasteiger partial charge in [0.1, 0.15) is 6.33 Å². The van der Waals surface area contributed by atoms with Gasteiger partial charge in [-0.2, -0.15) is 0 Å². The molecule has 0 fully saturated rings. The van der Waals surface area contributed by atoms with E-state index in [0.29, 0.717) is 0 Å². The van der Waals surface area contributed by atoms with Crippen molar-refractivity contribution < 1.29 is 0 Å². The zero-order chi connectivity index (χ0) is 9.68. The summed E-state index contributed by atoms with van der Waals surface area (Å²) in [7, 11) is 4.07. The number of hydrogen-bond donors (Lipinski definition) is 1. The molecule has 1 unspecified atom stereocenters. The maximum atomic E-state index is 5.94. The van der Waals surface area contributed by atoms with Crippen LogP contribution >= 0.6 is 0 Å². The normalized spacial score (nSPS) is 13.2. The summed E-state index contributed by atoms with van der Waals surface area (Å²) in [4.78, 5) is 9.97. The van der Waals surface area contributed by atoms with Crippen LogP contribution in [0.4, 0.5) is 0 Å². The second kappa shape index (κ2) is 4.89. The van der Waals surface area contributed by atoms with Crippen molar-refractivity contribution in [1.29, 1.82) is 0 Å². The summed E-state index contributed by atoms with van der Waals surface area (Å²) in [6.45, 7) is 0.982. The van der Waals surface area contributed by atoms with Crippen LogP contribution in [-0.4, -0.2) is 35.5 Å². The van der Waals surface area contributed by atoms with Gasteiger partial charge in [0.2, 0.25) is 0 Å². The quantitative estimate of drug-likeness (QED) is 0.730. The smallest absolute Gasteiger partial charge is 0.115 e. The molecule has 1 aromatic heterocycles. The molecule has 0 saturated carbocycles. The summed E-state index contributed by atoms with van der Waals surface area (Å²) in [5.74, 6) is 0. The standard InChI is InChI=1S/C9H16N4/c1-13(2)4-3-9(10)8-5-11-7-12-6-8/h5-7,9H,3-4,10H2,1-2H3. The van der Waals surface area contributed by atoms with Crippen molar-refractivity contribution in [3.8, 4) is 0 Å². The van der Waals surface area contributed by atoms with Crippen LogP contribution in [0.3, 0.4) is 0 Å². The molecule has 1 rings (SSSR count). The predicted molar refractivity (Wildman–Crippen MR) is 52.1 cm³/mol. The van der Waals surface area contributed by atoms with Crippen LogP contribution in [-0.2, 0) is 0 Å². The van der Waals surface area contributed by atoms with Crippen molar-refractivity contribution in [2.45, 2.75) is 12.5 Å². The molecule has 0 aliphatic rings. The first-order chi connectivity index (χ1) is 6.20. The highest BCUT2D eigenvalue weighted by atomic mass is 15.0. The highest BCUT2D eigenvalue weighted by molar-refractivity contribution is 5.07. The Bertz CT molecular complexity index is 235. The Labute approximate surface area is 78.8 Å². The van der Waals surface area contributed by atoms with Crippen molar-refractivity contribution in [3.05, 3.63) is 24.3 Å². The van der Waals surface area contributed by atoms with E-state index in [9.17, 15) is 0 Å². The highest BCUT2D eigenvalue weighted by Gasteiger charge is 2.05. The van der Waals surface area contributed by atoms with E-state index in [-0.39, 0.29) is 6.04 Å². The van der Waals surface area contributed by atoms with E-state index in [1.54, 1.807) is 12.4 Å². The maximum absolute atomic E-state index is 5.94. The second-order valence-corrected chi connectivity index (χ2v) is 3.37. The third-order valence-corrected chi connectivity index (χ3v) is 1.90. The largest absolute Gasteiger partial charge is 0.324 e. The minimum atomic E-state index is 0.0450. The third-order valence-electron chi connectivity index (χ3n) is 1.90. The van der Waals surface area contributed by atoms with Crippen molar-refractivity contribution in [2.75, 3.05) is 20.6 Å². The molecule has 2 N–H and O–H groups in total. The van der Waals surface area contributed by atoms with Crippen molar-refractivity contribution in [1.82, 2.24) is 14.9 Å². The molecule has 4 nitrogen and oxygen atoms in total. The Balaban J connectivity index is 2.44. The van der Waals surface area contributed by atoms with Gasteiger partial charge in [0, 0.05) is 24.0 Å². The Kier molecular flexibility index (Phi) is 3.79. The van der Waals surface area contributed by atoms with Crippen LogP contribution in [0.15, 0.2) is 18.7 Å². The summed E-state index contributed by atoms with van der Waals surface area (Å²) < 4.78 is 0. The van der Waals surface area contributed by atoms with Gasteiger partial charge in [0.25, 0.3) is 0 Å². The number of nitrogens with zero attached hydrogens (tertiary/aromatic N) is 3. The molecule has 0 spiro atoms. The molecule has 0 saturated heterocycles. The molecule has 72 valence electrons. The molecule has 13 heavy (non-hydrogen) atoms. The average Bonchev–Trinajstić information content (AvgIpc) is 2.15. The van der Waals surface area contributed by atoms with Gasteiger partial charge >= 0.3 is 0 Å². The van der Waals surface area contributed by atoms with Gasteiger partial charge in [-0.3, -0.25) is 0 Å². The summed E-state index contributed by atoms with van der Waals surface area (Å²) in [6.07, 6.45) is 5.99. The number of nitrogens with two attached hydrogens (primary N) is 1. The lowest BCUT2D eigenvalue weighted by atomic mass is 10.1. The van der Waals surface area contributed by atoms with Gasteiger partial charge in [-0.1, -0.05) is 0 Å². The molecule has 0 radical (unpaired) electrons. The summed E-state index contributed by atoms with van der Waals surface area (Å²) >= 11 is 0. The van der Waals surface area contributed by atoms with E-state index in [4.69, 9.17) is 5.73 Å². The van der Waals surface area contributed by atoms with E-state index in [2.05, 4.69) is 14.9 Å². The van der Waals surface area contributed by atoms with Gasteiger partial charge < -0.3 is 10.6 Å². The Morgan fingerprint density at radius 2 is 2.00 bits per heavy atom. The zero-order valence-corrected chi connectivity index (χ0v) is 8.14. The summed E-state index contributed by atoms with van der Waals surface area (Å²) in [6, 6.07) is 0.0450. The first-order valence-electron chi connectivity index (χ1n) is 4.35. The molecule has 0 aliphatic carbocycles. The zero-order valence-electron chi connectivity index (χ0n) is 8.14. The molecular formula is C9H16N4. The van der Waals surface area contributed by atoms with E-state index in [1.807, 2.05) is 14.1 Å². The molecule has 0 bridgehead atoms. The van der Waals surface area contributed by atoms with Crippen LogP contribution in [0, 0.1) is 0 Å². The van der Waals surface area contributed by atoms with Crippen LogP contribution in [0.2, 0.25) is 0 Å². The van der Waals surface area contributed by atoms with Crippen LogP contribution in [0.5, 0.6) is 0 Å². The topological polar surface area (TPSA) is 55.0 Å². The monoisotopic (exact) mass is 180 g/mol. The molecule has 0 aliphatic heterocycles. The van der Waals surface area contributed by atoms with Gasteiger partial charge in [0.15, 0.2) is 0 Å². The number of rotatable bonds is 4. The first-order valence-corrected chi connectivity index (χ1v) is 4.35. The maximum Gasteiger partial charge on any atom is 0.115 e. The number of aromatic nitrogens is 2. The lowest BCUT2D eigenvalue weighted by molar-refractivity contribution is 0.382. The number of hydrogen-bond acceptors (Lipinski definition) is 4. The first kappa shape index (κ1) is 10.1. The van der Waals surface area contributed by atoms with Crippen molar-refractivity contribution in [3.63, 3.8) is 0 Å². The molecule has 1 aromatic rings. The van der Waals surface area contributed by atoms with E-state index >= 15 is 0 Å². The Morgan fingerprint density at radius 1 is 1.38 bits per heavy atom. The predicted octanol–water partition coefficient (Wildman–Crippen LogP) is 0.428.